The Morgan fingerprint density at radius 2 is 2.17 bits per heavy atom. The Kier molecular flexibility index (Phi) is 2.97. The maximum Gasteiger partial charge on any atom is 0.328 e. The van der Waals surface area contributed by atoms with Crippen LogP contribution in [0.1, 0.15) is 28.5 Å². The lowest BCUT2D eigenvalue weighted by atomic mass is 10.2. The van der Waals surface area contributed by atoms with E-state index < -0.39 is 11.2 Å². The first-order valence-corrected chi connectivity index (χ1v) is 5.33. The van der Waals surface area contributed by atoms with Crippen molar-refractivity contribution in [2.75, 3.05) is 0 Å². The number of hydrogen-bond donors (Lipinski definition) is 2. The van der Waals surface area contributed by atoms with Crippen LogP contribution >= 0.6 is 0 Å². The van der Waals surface area contributed by atoms with E-state index in [1.54, 1.807) is 13.1 Å². The first-order valence-electron chi connectivity index (χ1n) is 5.33. The molecule has 0 atom stereocenters. The van der Waals surface area contributed by atoms with Crippen molar-refractivity contribution in [3.05, 3.63) is 50.1 Å². The van der Waals surface area contributed by atoms with Gasteiger partial charge in [-0.1, -0.05) is 0 Å². The van der Waals surface area contributed by atoms with Crippen molar-refractivity contribution in [3.8, 4) is 0 Å². The lowest BCUT2D eigenvalue weighted by molar-refractivity contribution is 0.101. The third kappa shape index (κ3) is 2.02. The van der Waals surface area contributed by atoms with Gasteiger partial charge in [0.15, 0.2) is 5.78 Å². The largest absolute Gasteiger partial charge is 0.328 e. The highest BCUT2D eigenvalue weighted by atomic mass is 16.2. The third-order valence-corrected chi connectivity index (χ3v) is 2.70. The van der Waals surface area contributed by atoms with Gasteiger partial charge in [0.1, 0.15) is 0 Å². The van der Waals surface area contributed by atoms with Crippen LogP contribution in [-0.2, 0) is 6.54 Å². The number of rotatable bonds is 3. The van der Waals surface area contributed by atoms with Gasteiger partial charge in [0.2, 0.25) is 0 Å². The summed E-state index contributed by atoms with van der Waals surface area (Å²) in [5.74, 6) is -0.381. The Balaban J connectivity index is 2.55. The molecule has 7 heteroatoms. The number of ketones is 1. The van der Waals surface area contributed by atoms with Crippen LogP contribution in [0.2, 0.25) is 0 Å². The van der Waals surface area contributed by atoms with Crippen LogP contribution in [-0.4, -0.2) is 25.5 Å². The monoisotopic (exact) mass is 248 g/mol. The number of aromatic amines is 2. The molecule has 0 fully saturated rings. The van der Waals surface area contributed by atoms with E-state index in [0.29, 0.717) is 0 Å². The van der Waals surface area contributed by atoms with Crippen molar-refractivity contribution in [3.63, 3.8) is 0 Å². The van der Waals surface area contributed by atoms with Crippen molar-refractivity contribution in [2.24, 2.45) is 0 Å². The molecule has 0 aliphatic heterocycles. The van der Waals surface area contributed by atoms with Crippen LogP contribution in [0.25, 0.3) is 0 Å². The normalized spacial score (nSPS) is 10.6. The van der Waals surface area contributed by atoms with Crippen molar-refractivity contribution < 1.29 is 4.79 Å². The van der Waals surface area contributed by atoms with E-state index in [9.17, 15) is 14.4 Å². The summed E-state index contributed by atoms with van der Waals surface area (Å²) in [5, 5.41) is 6.54. The van der Waals surface area contributed by atoms with E-state index in [1.165, 1.54) is 6.92 Å². The molecule has 0 saturated heterocycles. The first kappa shape index (κ1) is 12.0. The van der Waals surface area contributed by atoms with Crippen molar-refractivity contribution >= 4 is 5.78 Å². The van der Waals surface area contributed by atoms with Crippen molar-refractivity contribution in [1.29, 1.82) is 0 Å². The summed E-state index contributed by atoms with van der Waals surface area (Å²) in [4.78, 5) is 37.2. The van der Waals surface area contributed by atoms with E-state index in [0.717, 1.165) is 22.0 Å². The molecule has 2 aromatic rings. The van der Waals surface area contributed by atoms with Crippen LogP contribution in [0, 0.1) is 6.92 Å². The molecule has 0 aliphatic carbocycles. The zero-order valence-electron chi connectivity index (χ0n) is 9.98. The average molecular weight is 248 g/mol. The standard InChI is InChI=1S/C11H12N4O3/c1-6-8(3-13-14-6)5-15-10(17)9(7(2)16)4-12-11(15)18/h3-4H,5H2,1-2H3,(H,12,18)(H,13,14). The summed E-state index contributed by atoms with van der Waals surface area (Å²) in [7, 11) is 0. The molecule has 0 unspecified atom stereocenters. The number of hydrogen-bond acceptors (Lipinski definition) is 4. The molecule has 2 rings (SSSR count). The second-order valence-electron chi connectivity index (χ2n) is 3.98. The topological polar surface area (TPSA) is 101 Å². The van der Waals surface area contributed by atoms with Gasteiger partial charge in [-0.25, -0.2) is 4.79 Å². The zero-order valence-corrected chi connectivity index (χ0v) is 9.98. The summed E-state index contributed by atoms with van der Waals surface area (Å²) in [6, 6.07) is 0. The minimum Gasteiger partial charge on any atom is -0.313 e. The van der Waals surface area contributed by atoms with Gasteiger partial charge in [-0.2, -0.15) is 5.10 Å². The minimum atomic E-state index is -0.591. The van der Waals surface area contributed by atoms with Gasteiger partial charge in [-0.15, -0.1) is 0 Å². The highest BCUT2D eigenvalue weighted by Gasteiger charge is 2.12. The lowest BCUT2D eigenvalue weighted by Gasteiger charge is -2.04. The van der Waals surface area contributed by atoms with Gasteiger partial charge in [0, 0.05) is 17.5 Å². The quantitative estimate of drug-likeness (QED) is 0.736. The fraction of sp³-hybridized carbons (Fsp3) is 0.273. The molecule has 7 nitrogen and oxygen atoms in total. The summed E-state index contributed by atoms with van der Waals surface area (Å²) in [5.41, 5.74) is 0.325. The number of nitrogens with one attached hydrogen (secondary N) is 2. The second kappa shape index (κ2) is 4.44. The molecule has 18 heavy (non-hydrogen) atoms. The molecular formula is C11H12N4O3. The Bertz CT molecular complexity index is 708. The Hall–Kier alpha value is -2.44. The molecule has 2 heterocycles. The Morgan fingerprint density at radius 1 is 1.44 bits per heavy atom. The molecule has 0 radical (unpaired) electrons. The van der Waals surface area contributed by atoms with Crippen molar-refractivity contribution in [2.45, 2.75) is 20.4 Å². The number of carbonyl (C=O) groups is 1. The molecule has 2 N–H and O–H groups in total. The number of nitrogens with zero attached hydrogens (tertiary/aromatic N) is 2. The zero-order chi connectivity index (χ0) is 13.3. The summed E-state index contributed by atoms with van der Waals surface area (Å²) in [6.45, 7) is 3.15. The first-order chi connectivity index (χ1) is 8.50. The number of carbonyl (C=O) groups excluding carboxylic acids is 1. The third-order valence-electron chi connectivity index (χ3n) is 2.70. The van der Waals surface area contributed by atoms with E-state index >= 15 is 0 Å². The molecule has 0 spiro atoms. The number of Topliss-reactive ketones (excluding diaryl/α,β-unsaturated/α-hetero) is 1. The number of aromatic nitrogens is 4. The van der Waals surface area contributed by atoms with Crippen LogP contribution in [0.15, 0.2) is 22.0 Å². The van der Waals surface area contributed by atoms with Crippen molar-refractivity contribution in [1.82, 2.24) is 19.7 Å². The SMILES string of the molecule is CC(=O)c1c[nH]c(=O)n(Cc2cn[nH]c2C)c1=O. The molecule has 0 amide bonds. The van der Waals surface area contributed by atoms with Crippen LogP contribution in [0.3, 0.4) is 0 Å². The molecule has 0 aliphatic rings. The molecular weight excluding hydrogens is 236 g/mol. The highest BCUT2D eigenvalue weighted by molar-refractivity contribution is 5.93. The van der Waals surface area contributed by atoms with E-state index in [4.69, 9.17) is 0 Å². The van der Waals surface area contributed by atoms with Gasteiger partial charge in [0.05, 0.1) is 18.3 Å². The molecule has 0 bridgehead atoms. The average Bonchev–Trinajstić information content (AvgIpc) is 2.69. The maximum absolute atomic E-state index is 12.0. The highest BCUT2D eigenvalue weighted by Crippen LogP contribution is 2.02. The predicted molar refractivity (Wildman–Crippen MR) is 63.8 cm³/mol. The second-order valence-corrected chi connectivity index (χ2v) is 3.98. The fourth-order valence-corrected chi connectivity index (χ4v) is 1.61. The van der Waals surface area contributed by atoms with Crippen LogP contribution in [0.5, 0.6) is 0 Å². The van der Waals surface area contributed by atoms with Gasteiger partial charge < -0.3 is 4.98 Å². The van der Waals surface area contributed by atoms with Crippen LogP contribution in [0.4, 0.5) is 0 Å². The summed E-state index contributed by atoms with van der Waals surface area (Å²) >= 11 is 0. The van der Waals surface area contributed by atoms with Gasteiger partial charge in [0.25, 0.3) is 5.56 Å². The summed E-state index contributed by atoms with van der Waals surface area (Å²) < 4.78 is 0.981. The Labute approximate surface area is 101 Å². The smallest absolute Gasteiger partial charge is 0.313 e. The molecule has 94 valence electrons. The number of aryl methyl sites for hydroxylation is 1. The van der Waals surface area contributed by atoms with E-state index in [1.807, 2.05) is 0 Å². The molecule has 0 saturated carbocycles. The lowest BCUT2D eigenvalue weighted by Crippen LogP contribution is -2.38. The molecule has 0 aromatic carbocycles. The predicted octanol–water partition coefficient (Wildman–Crippen LogP) is -0.181. The van der Waals surface area contributed by atoms with Gasteiger partial charge in [-0.05, 0) is 13.8 Å². The Morgan fingerprint density at radius 3 is 2.72 bits per heavy atom. The van der Waals surface area contributed by atoms with Gasteiger partial charge in [-0.3, -0.25) is 19.3 Å². The van der Waals surface area contributed by atoms with Crippen LogP contribution < -0.4 is 11.2 Å². The maximum atomic E-state index is 12.0. The molecule has 2 aromatic heterocycles. The summed E-state index contributed by atoms with van der Waals surface area (Å²) in [6.07, 6.45) is 2.69. The van der Waals surface area contributed by atoms with Gasteiger partial charge >= 0.3 is 5.69 Å². The number of H-pyrrole nitrogens is 2. The fourth-order valence-electron chi connectivity index (χ4n) is 1.61. The minimum absolute atomic E-state index is 0.0317. The van der Waals surface area contributed by atoms with E-state index in [-0.39, 0.29) is 17.9 Å². The van der Waals surface area contributed by atoms with E-state index in [2.05, 4.69) is 15.2 Å².